The van der Waals surface area contributed by atoms with Gasteiger partial charge in [-0.05, 0) is 24.6 Å². The van der Waals surface area contributed by atoms with Crippen molar-refractivity contribution in [3.63, 3.8) is 0 Å². The van der Waals surface area contributed by atoms with E-state index in [4.69, 9.17) is 0 Å². The van der Waals surface area contributed by atoms with Crippen LogP contribution in [0.3, 0.4) is 0 Å². The van der Waals surface area contributed by atoms with Crippen molar-refractivity contribution in [1.29, 1.82) is 0 Å². The average Bonchev–Trinajstić information content (AvgIpc) is 2.70. The summed E-state index contributed by atoms with van der Waals surface area (Å²) in [5.41, 5.74) is 1.83. The minimum Gasteiger partial charge on any atom is -0.352 e. The molecule has 0 saturated heterocycles. The number of sulfonamides is 1. The van der Waals surface area contributed by atoms with Gasteiger partial charge < -0.3 is 5.32 Å². The minimum absolute atomic E-state index is 0.00454. The molecule has 2 aromatic rings. The molecule has 0 fully saturated rings. The summed E-state index contributed by atoms with van der Waals surface area (Å²) in [6.45, 7) is 4.39. The fraction of sp³-hybridized carbons (Fsp3) is 0.455. The van der Waals surface area contributed by atoms with Crippen molar-refractivity contribution in [2.45, 2.75) is 13.8 Å². The number of hydrogen-bond donors (Lipinski definition) is 2. The van der Waals surface area contributed by atoms with E-state index < -0.39 is 10.0 Å². The lowest BCUT2D eigenvalue weighted by molar-refractivity contribution is 0.584. The van der Waals surface area contributed by atoms with Crippen molar-refractivity contribution in [2.75, 3.05) is 24.2 Å². The molecule has 19 heavy (non-hydrogen) atoms. The first-order valence-electron chi connectivity index (χ1n) is 6.04. The molecule has 0 atom stereocenters. The second kappa shape index (κ2) is 5.54. The van der Waals surface area contributed by atoms with Gasteiger partial charge in [0.15, 0.2) is 5.65 Å². The Kier molecular flexibility index (Phi) is 4.01. The zero-order chi connectivity index (χ0) is 13.9. The largest absolute Gasteiger partial charge is 0.352 e. The summed E-state index contributed by atoms with van der Waals surface area (Å²) in [5, 5.41) is 7.10. The Morgan fingerprint density at radius 1 is 1.42 bits per heavy atom. The molecule has 0 amide bonds. The van der Waals surface area contributed by atoms with Crippen molar-refractivity contribution < 1.29 is 8.42 Å². The summed E-state index contributed by atoms with van der Waals surface area (Å²) in [4.78, 5) is 4.26. The van der Waals surface area contributed by atoms with Crippen molar-refractivity contribution in [3.05, 3.63) is 23.9 Å². The normalized spacial score (nSPS) is 11.9. The SMILES string of the molecule is CCNS(=O)(=O)CCNc1nc2cc(C)ccn2n1. The number of fused-ring (bicyclic) bond motifs is 1. The predicted molar refractivity (Wildman–Crippen MR) is 73.7 cm³/mol. The highest BCUT2D eigenvalue weighted by atomic mass is 32.2. The maximum Gasteiger partial charge on any atom is 0.243 e. The Labute approximate surface area is 112 Å². The van der Waals surface area contributed by atoms with Crippen molar-refractivity contribution in [1.82, 2.24) is 19.3 Å². The van der Waals surface area contributed by atoms with Crippen molar-refractivity contribution in [3.8, 4) is 0 Å². The van der Waals surface area contributed by atoms with E-state index in [-0.39, 0.29) is 12.3 Å². The number of rotatable bonds is 6. The molecule has 104 valence electrons. The number of pyridine rings is 1. The summed E-state index contributed by atoms with van der Waals surface area (Å²) >= 11 is 0. The van der Waals surface area contributed by atoms with Crippen molar-refractivity contribution >= 4 is 21.6 Å². The zero-order valence-electron chi connectivity index (χ0n) is 10.9. The Bertz CT molecular complexity index is 665. The van der Waals surface area contributed by atoms with Crippen LogP contribution in [-0.2, 0) is 10.0 Å². The number of nitrogens with one attached hydrogen (secondary N) is 2. The van der Waals surface area contributed by atoms with Gasteiger partial charge in [0.25, 0.3) is 0 Å². The zero-order valence-corrected chi connectivity index (χ0v) is 11.7. The maximum absolute atomic E-state index is 11.4. The summed E-state index contributed by atoms with van der Waals surface area (Å²) in [5.74, 6) is 0.424. The Morgan fingerprint density at radius 2 is 2.21 bits per heavy atom. The lowest BCUT2D eigenvalue weighted by Crippen LogP contribution is -2.29. The molecule has 0 unspecified atom stereocenters. The molecule has 7 nitrogen and oxygen atoms in total. The van der Waals surface area contributed by atoms with Gasteiger partial charge in [0.2, 0.25) is 16.0 Å². The van der Waals surface area contributed by atoms with E-state index >= 15 is 0 Å². The van der Waals surface area contributed by atoms with Gasteiger partial charge in [-0.2, -0.15) is 4.98 Å². The first kappa shape index (κ1) is 13.8. The highest BCUT2D eigenvalue weighted by molar-refractivity contribution is 7.89. The predicted octanol–water partition coefficient (Wildman–Crippen LogP) is 0.389. The molecule has 0 aliphatic carbocycles. The number of nitrogens with zero attached hydrogens (tertiary/aromatic N) is 3. The van der Waals surface area contributed by atoms with E-state index in [2.05, 4.69) is 20.1 Å². The second-order valence-corrected chi connectivity index (χ2v) is 6.11. The lowest BCUT2D eigenvalue weighted by atomic mass is 10.3. The molecule has 2 heterocycles. The van der Waals surface area contributed by atoms with Crippen LogP contribution in [0.15, 0.2) is 18.3 Å². The molecule has 0 bridgehead atoms. The van der Waals surface area contributed by atoms with Gasteiger partial charge in [0, 0.05) is 19.3 Å². The van der Waals surface area contributed by atoms with E-state index in [0.717, 1.165) is 11.2 Å². The quantitative estimate of drug-likeness (QED) is 0.800. The highest BCUT2D eigenvalue weighted by Crippen LogP contribution is 2.07. The summed E-state index contributed by atoms with van der Waals surface area (Å²) in [7, 11) is -3.21. The number of aromatic nitrogens is 3. The van der Waals surface area contributed by atoms with Crippen LogP contribution in [-0.4, -0.2) is 41.9 Å². The topological polar surface area (TPSA) is 88.4 Å². The van der Waals surface area contributed by atoms with E-state index in [1.807, 2.05) is 25.3 Å². The Balaban J connectivity index is 1.99. The molecule has 2 N–H and O–H groups in total. The highest BCUT2D eigenvalue weighted by Gasteiger charge is 2.09. The van der Waals surface area contributed by atoms with Gasteiger partial charge >= 0.3 is 0 Å². The third kappa shape index (κ3) is 3.65. The van der Waals surface area contributed by atoms with E-state index in [1.165, 1.54) is 0 Å². The third-order valence-corrected chi connectivity index (χ3v) is 3.98. The Hall–Kier alpha value is -1.67. The summed E-state index contributed by atoms with van der Waals surface area (Å²) < 4.78 is 27.0. The monoisotopic (exact) mass is 283 g/mol. The van der Waals surface area contributed by atoms with Gasteiger partial charge in [-0.25, -0.2) is 17.7 Å². The standard InChI is InChI=1S/C11H17N5O2S/c1-3-13-19(17,18)7-5-12-11-14-10-8-9(2)4-6-16(10)15-11/h4,6,8,13H,3,5,7H2,1-2H3,(H,12,15). The van der Waals surface area contributed by atoms with Gasteiger partial charge in [0.05, 0.1) is 5.75 Å². The molecule has 0 aromatic carbocycles. The molecular formula is C11H17N5O2S. The molecule has 0 aliphatic rings. The van der Waals surface area contributed by atoms with Gasteiger partial charge in [-0.15, -0.1) is 5.10 Å². The van der Waals surface area contributed by atoms with Crippen LogP contribution >= 0.6 is 0 Å². The molecule has 2 rings (SSSR count). The van der Waals surface area contributed by atoms with Crippen LogP contribution in [0.1, 0.15) is 12.5 Å². The number of aryl methyl sites for hydroxylation is 1. The van der Waals surface area contributed by atoms with Gasteiger partial charge in [-0.3, -0.25) is 0 Å². The van der Waals surface area contributed by atoms with Crippen LogP contribution in [0.2, 0.25) is 0 Å². The van der Waals surface area contributed by atoms with Crippen LogP contribution in [0.25, 0.3) is 5.65 Å². The van der Waals surface area contributed by atoms with E-state index in [0.29, 0.717) is 12.5 Å². The molecule has 0 aliphatic heterocycles. The molecule has 0 spiro atoms. The average molecular weight is 283 g/mol. The fourth-order valence-electron chi connectivity index (χ4n) is 1.65. The smallest absolute Gasteiger partial charge is 0.243 e. The molecule has 2 aromatic heterocycles. The first-order chi connectivity index (χ1) is 9.00. The fourth-order valence-corrected chi connectivity index (χ4v) is 2.60. The summed E-state index contributed by atoms with van der Waals surface area (Å²) in [6, 6.07) is 3.84. The molecular weight excluding hydrogens is 266 g/mol. The molecule has 8 heteroatoms. The number of anilines is 1. The van der Waals surface area contributed by atoms with E-state index in [1.54, 1.807) is 11.4 Å². The van der Waals surface area contributed by atoms with E-state index in [9.17, 15) is 8.42 Å². The van der Waals surface area contributed by atoms with Crippen LogP contribution in [0.5, 0.6) is 0 Å². The van der Waals surface area contributed by atoms with Crippen LogP contribution in [0.4, 0.5) is 5.95 Å². The first-order valence-corrected chi connectivity index (χ1v) is 7.69. The second-order valence-electron chi connectivity index (χ2n) is 4.19. The summed E-state index contributed by atoms with van der Waals surface area (Å²) in [6.07, 6.45) is 1.82. The number of hydrogen-bond acceptors (Lipinski definition) is 5. The molecule has 0 radical (unpaired) electrons. The minimum atomic E-state index is -3.21. The van der Waals surface area contributed by atoms with Gasteiger partial charge in [-0.1, -0.05) is 6.92 Å². The van der Waals surface area contributed by atoms with Crippen LogP contribution < -0.4 is 10.0 Å². The molecule has 0 saturated carbocycles. The Morgan fingerprint density at radius 3 is 2.95 bits per heavy atom. The lowest BCUT2D eigenvalue weighted by Gasteiger charge is -2.04. The maximum atomic E-state index is 11.4. The third-order valence-electron chi connectivity index (χ3n) is 2.51. The van der Waals surface area contributed by atoms with Gasteiger partial charge in [0.1, 0.15) is 0 Å². The van der Waals surface area contributed by atoms with Crippen LogP contribution in [0, 0.1) is 6.92 Å². The van der Waals surface area contributed by atoms with Crippen molar-refractivity contribution in [2.24, 2.45) is 0 Å².